The van der Waals surface area contributed by atoms with E-state index in [1.165, 1.54) is 6.42 Å². The van der Waals surface area contributed by atoms with Crippen LogP contribution in [0.2, 0.25) is 0 Å². The predicted octanol–water partition coefficient (Wildman–Crippen LogP) is 3.33. The van der Waals surface area contributed by atoms with Gasteiger partial charge in [0.25, 0.3) is 0 Å². The molecule has 0 amide bonds. The zero-order chi connectivity index (χ0) is 13.7. The maximum Gasteiger partial charge on any atom is 0.147 e. The molecule has 0 radical (unpaired) electrons. The van der Waals surface area contributed by atoms with Crippen LogP contribution in [0.4, 0.5) is 5.82 Å². The molecule has 102 valence electrons. The molecule has 0 spiro atoms. The second kappa shape index (κ2) is 6.95. The Morgan fingerprint density at radius 1 is 1.22 bits per heavy atom. The Labute approximate surface area is 114 Å². The summed E-state index contributed by atoms with van der Waals surface area (Å²) in [6, 6.07) is 0. The molecule has 0 aliphatic carbocycles. The van der Waals surface area contributed by atoms with Crippen LogP contribution >= 0.6 is 11.8 Å². The van der Waals surface area contributed by atoms with Gasteiger partial charge in [0.1, 0.15) is 16.7 Å². The molecular weight excluding hydrogens is 244 g/mol. The predicted molar refractivity (Wildman–Crippen MR) is 78.8 cm³/mol. The topological polar surface area (TPSA) is 63.8 Å². The average molecular weight is 268 g/mol. The van der Waals surface area contributed by atoms with Crippen LogP contribution in [-0.4, -0.2) is 15.7 Å². The molecule has 0 atom stereocenters. The number of thioether (sulfide) groups is 1. The molecule has 0 aliphatic heterocycles. The highest BCUT2D eigenvalue weighted by Crippen LogP contribution is 2.27. The van der Waals surface area contributed by atoms with Crippen LogP contribution in [0.15, 0.2) is 5.03 Å². The third-order valence-electron chi connectivity index (χ3n) is 2.71. The zero-order valence-electron chi connectivity index (χ0n) is 11.9. The summed E-state index contributed by atoms with van der Waals surface area (Å²) in [5.74, 6) is 9.21. The lowest BCUT2D eigenvalue weighted by Crippen LogP contribution is -2.13. The van der Waals surface area contributed by atoms with Gasteiger partial charge in [-0.1, -0.05) is 27.7 Å². The summed E-state index contributed by atoms with van der Waals surface area (Å²) in [5.41, 5.74) is 3.70. The minimum Gasteiger partial charge on any atom is -0.308 e. The summed E-state index contributed by atoms with van der Waals surface area (Å²) in [7, 11) is 0. The largest absolute Gasteiger partial charge is 0.308 e. The molecule has 5 heteroatoms. The molecule has 0 aromatic carbocycles. The van der Waals surface area contributed by atoms with Gasteiger partial charge in [0, 0.05) is 11.5 Å². The normalized spacial score (nSPS) is 11.3. The van der Waals surface area contributed by atoms with E-state index in [0.29, 0.717) is 5.92 Å². The molecule has 1 aromatic heterocycles. The first kappa shape index (κ1) is 15.2. The van der Waals surface area contributed by atoms with Gasteiger partial charge in [-0.05, 0) is 25.0 Å². The Morgan fingerprint density at radius 3 is 2.39 bits per heavy atom. The molecular formula is C13H24N4S. The third kappa shape index (κ3) is 4.14. The first-order chi connectivity index (χ1) is 8.45. The van der Waals surface area contributed by atoms with Crippen molar-refractivity contribution in [2.45, 2.75) is 52.0 Å². The quantitative estimate of drug-likeness (QED) is 0.358. The fraction of sp³-hybridized carbons (Fsp3) is 0.692. The summed E-state index contributed by atoms with van der Waals surface area (Å²) >= 11 is 1.79. The number of aromatic nitrogens is 2. The lowest BCUT2D eigenvalue weighted by atomic mass is 10.2. The molecule has 0 fully saturated rings. The monoisotopic (exact) mass is 268 g/mol. The molecule has 0 bridgehead atoms. The molecule has 4 nitrogen and oxygen atoms in total. The Kier molecular flexibility index (Phi) is 5.88. The van der Waals surface area contributed by atoms with Crippen LogP contribution < -0.4 is 11.3 Å². The van der Waals surface area contributed by atoms with Crippen molar-refractivity contribution in [3.8, 4) is 0 Å². The molecule has 3 N–H and O–H groups in total. The second-order valence-electron chi connectivity index (χ2n) is 5.19. The van der Waals surface area contributed by atoms with E-state index in [-0.39, 0.29) is 0 Å². The number of nitrogens with two attached hydrogens (primary N) is 1. The lowest BCUT2D eigenvalue weighted by molar-refractivity contribution is 0.631. The van der Waals surface area contributed by atoms with Crippen LogP contribution in [0.25, 0.3) is 0 Å². The molecule has 1 rings (SSSR count). The van der Waals surface area contributed by atoms with Crippen molar-refractivity contribution in [3.63, 3.8) is 0 Å². The summed E-state index contributed by atoms with van der Waals surface area (Å²) in [5, 5.41) is 1.04. The molecule has 0 aliphatic rings. The van der Waals surface area contributed by atoms with Crippen LogP contribution in [0, 0.1) is 12.8 Å². The van der Waals surface area contributed by atoms with E-state index in [1.807, 2.05) is 6.92 Å². The summed E-state index contributed by atoms with van der Waals surface area (Å²) in [6.45, 7) is 10.7. The van der Waals surface area contributed by atoms with Crippen molar-refractivity contribution in [1.29, 1.82) is 0 Å². The van der Waals surface area contributed by atoms with Crippen molar-refractivity contribution in [2.75, 3.05) is 11.2 Å². The standard InChI is InChI=1S/C13H24N4S/c1-8(2)6-7-18-13-10(5)12(17-14)15-11(16-13)9(3)4/h8-9H,6-7,14H2,1-5H3,(H,15,16,17). The van der Waals surface area contributed by atoms with E-state index >= 15 is 0 Å². The molecule has 1 heterocycles. The smallest absolute Gasteiger partial charge is 0.147 e. The molecule has 18 heavy (non-hydrogen) atoms. The summed E-state index contributed by atoms with van der Waals surface area (Å²) < 4.78 is 0. The Bertz CT molecular complexity index is 391. The van der Waals surface area contributed by atoms with E-state index in [0.717, 1.165) is 33.9 Å². The Balaban J connectivity index is 2.91. The van der Waals surface area contributed by atoms with Gasteiger partial charge in [-0.3, -0.25) is 0 Å². The van der Waals surface area contributed by atoms with Crippen molar-refractivity contribution in [1.82, 2.24) is 9.97 Å². The van der Waals surface area contributed by atoms with E-state index in [2.05, 4.69) is 43.1 Å². The summed E-state index contributed by atoms with van der Waals surface area (Å²) in [6.07, 6.45) is 1.19. The Morgan fingerprint density at radius 2 is 1.89 bits per heavy atom. The fourth-order valence-electron chi connectivity index (χ4n) is 1.44. The SMILES string of the molecule is Cc1c(NN)nc(C(C)C)nc1SCCC(C)C. The zero-order valence-corrected chi connectivity index (χ0v) is 12.8. The molecule has 0 saturated carbocycles. The first-order valence-electron chi connectivity index (χ1n) is 6.43. The van der Waals surface area contributed by atoms with Crippen molar-refractivity contribution in [2.24, 2.45) is 11.8 Å². The van der Waals surface area contributed by atoms with Gasteiger partial charge < -0.3 is 5.43 Å². The highest BCUT2D eigenvalue weighted by atomic mass is 32.2. The lowest BCUT2D eigenvalue weighted by Gasteiger charge is -2.13. The van der Waals surface area contributed by atoms with Crippen molar-refractivity contribution in [3.05, 3.63) is 11.4 Å². The number of anilines is 1. The minimum atomic E-state index is 0.308. The number of nitrogens with one attached hydrogen (secondary N) is 1. The van der Waals surface area contributed by atoms with E-state index in [9.17, 15) is 0 Å². The molecule has 1 aromatic rings. The van der Waals surface area contributed by atoms with E-state index in [4.69, 9.17) is 5.84 Å². The highest BCUT2D eigenvalue weighted by Gasteiger charge is 2.12. The Hall–Kier alpha value is -0.810. The van der Waals surface area contributed by atoms with Gasteiger partial charge in [-0.15, -0.1) is 11.8 Å². The van der Waals surface area contributed by atoms with Gasteiger partial charge in [0.15, 0.2) is 0 Å². The van der Waals surface area contributed by atoms with Crippen LogP contribution in [0.5, 0.6) is 0 Å². The number of hydrazine groups is 1. The highest BCUT2D eigenvalue weighted by molar-refractivity contribution is 7.99. The minimum absolute atomic E-state index is 0.308. The molecule has 0 unspecified atom stereocenters. The van der Waals surface area contributed by atoms with E-state index in [1.54, 1.807) is 11.8 Å². The van der Waals surface area contributed by atoms with Crippen molar-refractivity contribution < 1.29 is 0 Å². The van der Waals surface area contributed by atoms with Crippen LogP contribution in [-0.2, 0) is 0 Å². The third-order valence-corrected chi connectivity index (χ3v) is 3.82. The number of hydrogen-bond donors (Lipinski definition) is 2. The van der Waals surface area contributed by atoms with Crippen molar-refractivity contribution >= 4 is 17.6 Å². The van der Waals surface area contributed by atoms with Gasteiger partial charge in [0.2, 0.25) is 0 Å². The second-order valence-corrected chi connectivity index (χ2v) is 6.27. The van der Waals surface area contributed by atoms with Crippen LogP contribution in [0.1, 0.15) is 51.4 Å². The number of rotatable bonds is 6. The molecule has 0 saturated heterocycles. The van der Waals surface area contributed by atoms with Gasteiger partial charge >= 0.3 is 0 Å². The maximum absolute atomic E-state index is 5.52. The van der Waals surface area contributed by atoms with Gasteiger partial charge in [-0.2, -0.15) is 0 Å². The van der Waals surface area contributed by atoms with Gasteiger partial charge in [-0.25, -0.2) is 15.8 Å². The number of hydrogen-bond acceptors (Lipinski definition) is 5. The van der Waals surface area contributed by atoms with E-state index < -0.39 is 0 Å². The summed E-state index contributed by atoms with van der Waals surface area (Å²) in [4.78, 5) is 9.07. The number of nitrogens with zero attached hydrogens (tertiary/aromatic N) is 2. The van der Waals surface area contributed by atoms with Gasteiger partial charge in [0.05, 0.1) is 0 Å². The maximum atomic E-state index is 5.52. The number of nitrogen functional groups attached to an aromatic ring is 1. The fourth-order valence-corrected chi connectivity index (χ4v) is 2.70. The first-order valence-corrected chi connectivity index (χ1v) is 7.42. The van der Waals surface area contributed by atoms with Crippen LogP contribution in [0.3, 0.4) is 0 Å². The average Bonchev–Trinajstić information content (AvgIpc) is 2.30.